The van der Waals surface area contributed by atoms with Crippen LogP contribution in [0.15, 0.2) is 0 Å². The summed E-state index contributed by atoms with van der Waals surface area (Å²) in [5, 5.41) is 5.22. The smallest absolute Gasteiger partial charge is 0.316 e. The molecule has 5 heteroatoms. The normalized spacial score (nSPS) is 10.2. The summed E-state index contributed by atoms with van der Waals surface area (Å²) in [6.07, 6.45) is 0. The van der Waals surface area contributed by atoms with Crippen LogP contribution in [-0.2, 0) is 9.47 Å². The molecule has 0 atom stereocenters. The van der Waals surface area contributed by atoms with E-state index in [1.807, 2.05) is 13.8 Å². The number of hydrogen-bond donors (Lipinski definition) is 2. The van der Waals surface area contributed by atoms with E-state index in [1.165, 1.54) is 0 Å². The Labute approximate surface area is 78.8 Å². The Balaban J connectivity index is 3.17. The standard InChI is InChI=1S/C8H18N2O3/c1-7(2)10-8(11)9-6-13-5-4-12-3/h7H,4-6H2,1-3H3,(H2,9,10,11). The van der Waals surface area contributed by atoms with E-state index in [-0.39, 0.29) is 18.8 Å². The highest BCUT2D eigenvalue weighted by Crippen LogP contribution is 1.77. The molecular weight excluding hydrogens is 172 g/mol. The third-order valence-electron chi connectivity index (χ3n) is 1.19. The molecule has 2 N–H and O–H groups in total. The molecule has 0 aromatic heterocycles. The van der Waals surface area contributed by atoms with Crippen LogP contribution in [0.2, 0.25) is 0 Å². The summed E-state index contributed by atoms with van der Waals surface area (Å²) < 4.78 is 9.79. The van der Waals surface area contributed by atoms with Crippen molar-refractivity contribution in [3.05, 3.63) is 0 Å². The fraction of sp³-hybridized carbons (Fsp3) is 0.875. The second-order valence-electron chi connectivity index (χ2n) is 2.85. The van der Waals surface area contributed by atoms with Gasteiger partial charge in [-0.05, 0) is 13.8 Å². The molecule has 0 aromatic carbocycles. The van der Waals surface area contributed by atoms with Gasteiger partial charge in [0.05, 0.1) is 13.2 Å². The SMILES string of the molecule is COCCOCNC(=O)NC(C)C. The lowest BCUT2D eigenvalue weighted by Crippen LogP contribution is -2.40. The van der Waals surface area contributed by atoms with E-state index in [1.54, 1.807) is 7.11 Å². The second-order valence-corrected chi connectivity index (χ2v) is 2.85. The van der Waals surface area contributed by atoms with E-state index >= 15 is 0 Å². The van der Waals surface area contributed by atoms with Crippen LogP contribution in [0.1, 0.15) is 13.8 Å². The molecule has 0 saturated carbocycles. The molecular formula is C8H18N2O3. The van der Waals surface area contributed by atoms with Crippen molar-refractivity contribution in [2.75, 3.05) is 27.1 Å². The summed E-state index contributed by atoms with van der Waals surface area (Å²) in [4.78, 5) is 11.0. The highest BCUT2D eigenvalue weighted by atomic mass is 16.5. The van der Waals surface area contributed by atoms with Crippen LogP contribution in [0.5, 0.6) is 0 Å². The molecule has 2 amide bonds. The maximum absolute atomic E-state index is 11.0. The Morgan fingerprint density at radius 2 is 2.08 bits per heavy atom. The number of ether oxygens (including phenoxy) is 2. The van der Waals surface area contributed by atoms with E-state index in [0.717, 1.165) is 0 Å². The third-order valence-corrected chi connectivity index (χ3v) is 1.19. The number of hydrogen-bond acceptors (Lipinski definition) is 3. The lowest BCUT2D eigenvalue weighted by Gasteiger charge is -2.10. The summed E-state index contributed by atoms with van der Waals surface area (Å²) in [5.74, 6) is 0. The molecule has 0 spiro atoms. The molecule has 13 heavy (non-hydrogen) atoms. The van der Waals surface area contributed by atoms with Crippen molar-refractivity contribution in [2.24, 2.45) is 0 Å². The largest absolute Gasteiger partial charge is 0.382 e. The van der Waals surface area contributed by atoms with Gasteiger partial charge in [-0.25, -0.2) is 4.79 Å². The van der Waals surface area contributed by atoms with Gasteiger partial charge in [-0.15, -0.1) is 0 Å². The first kappa shape index (κ1) is 12.2. The first-order valence-electron chi connectivity index (χ1n) is 4.28. The fourth-order valence-corrected chi connectivity index (χ4v) is 0.644. The zero-order valence-corrected chi connectivity index (χ0v) is 8.42. The van der Waals surface area contributed by atoms with Gasteiger partial charge in [-0.2, -0.15) is 0 Å². The Hall–Kier alpha value is -0.810. The fourth-order valence-electron chi connectivity index (χ4n) is 0.644. The average molecular weight is 190 g/mol. The van der Waals surface area contributed by atoms with E-state index in [9.17, 15) is 4.79 Å². The molecule has 0 aromatic rings. The monoisotopic (exact) mass is 190 g/mol. The van der Waals surface area contributed by atoms with Crippen molar-refractivity contribution in [2.45, 2.75) is 19.9 Å². The van der Waals surface area contributed by atoms with Gasteiger partial charge in [-0.3, -0.25) is 0 Å². The average Bonchev–Trinajstić information content (AvgIpc) is 2.02. The third kappa shape index (κ3) is 9.10. The topological polar surface area (TPSA) is 59.6 Å². The minimum atomic E-state index is -0.215. The predicted molar refractivity (Wildman–Crippen MR) is 49.5 cm³/mol. The summed E-state index contributed by atoms with van der Waals surface area (Å²) in [6, 6.07) is -0.0774. The van der Waals surface area contributed by atoms with Gasteiger partial charge in [-0.1, -0.05) is 0 Å². The van der Waals surface area contributed by atoms with Crippen LogP contribution in [-0.4, -0.2) is 39.1 Å². The van der Waals surface area contributed by atoms with Gasteiger partial charge in [0.15, 0.2) is 0 Å². The Kier molecular flexibility index (Phi) is 7.33. The van der Waals surface area contributed by atoms with Crippen LogP contribution in [0.25, 0.3) is 0 Å². The van der Waals surface area contributed by atoms with Gasteiger partial charge in [0.2, 0.25) is 0 Å². The van der Waals surface area contributed by atoms with E-state index in [0.29, 0.717) is 13.2 Å². The van der Waals surface area contributed by atoms with Crippen molar-refractivity contribution >= 4 is 6.03 Å². The molecule has 0 aliphatic rings. The first-order valence-corrected chi connectivity index (χ1v) is 4.28. The molecule has 0 aliphatic carbocycles. The van der Waals surface area contributed by atoms with Crippen LogP contribution in [0.4, 0.5) is 4.79 Å². The highest BCUT2D eigenvalue weighted by molar-refractivity contribution is 5.73. The zero-order valence-electron chi connectivity index (χ0n) is 8.42. The number of methoxy groups -OCH3 is 1. The Bertz CT molecular complexity index is 139. The lowest BCUT2D eigenvalue weighted by molar-refractivity contribution is 0.0641. The number of urea groups is 1. The van der Waals surface area contributed by atoms with Crippen molar-refractivity contribution in [3.63, 3.8) is 0 Å². The van der Waals surface area contributed by atoms with Crippen LogP contribution >= 0.6 is 0 Å². The van der Waals surface area contributed by atoms with Gasteiger partial charge in [0, 0.05) is 13.2 Å². The molecule has 0 heterocycles. The van der Waals surface area contributed by atoms with E-state index < -0.39 is 0 Å². The predicted octanol–water partition coefficient (Wildman–Crippen LogP) is 0.314. The van der Waals surface area contributed by atoms with Crippen molar-refractivity contribution < 1.29 is 14.3 Å². The minimum Gasteiger partial charge on any atom is -0.382 e. The van der Waals surface area contributed by atoms with Crippen molar-refractivity contribution in [1.29, 1.82) is 0 Å². The van der Waals surface area contributed by atoms with Gasteiger partial charge < -0.3 is 20.1 Å². The molecule has 0 rings (SSSR count). The molecule has 78 valence electrons. The molecule has 0 aliphatic heterocycles. The van der Waals surface area contributed by atoms with Gasteiger partial charge in [0.25, 0.3) is 0 Å². The second kappa shape index (κ2) is 7.82. The number of amides is 2. The van der Waals surface area contributed by atoms with Crippen molar-refractivity contribution in [1.82, 2.24) is 10.6 Å². The Morgan fingerprint density at radius 1 is 1.38 bits per heavy atom. The van der Waals surface area contributed by atoms with Crippen LogP contribution in [0.3, 0.4) is 0 Å². The summed E-state index contributed by atoms with van der Waals surface area (Å²) >= 11 is 0. The molecule has 0 radical (unpaired) electrons. The number of carbonyl (C=O) groups is 1. The lowest BCUT2D eigenvalue weighted by atomic mass is 10.4. The molecule has 0 fully saturated rings. The summed E-state index contributed by atoms with van der Waals surface area (Å²) in [5.41, 5.74) is 0. The highest BCUT2D eigenvalue weighted by Gasteiger charge is 1.99. The molecule has 0 saturated heterocycles. The maximum Gasteiger partial charge on any atom is 0.316 e. The van der Waals surface area contributed by atoms with Crippen molar-refractivity contribution in [3.8, 4) is 0 Å². The minimum absolute atomic E-state index is 0.138. The number of rotatable bonds is 6. The van der Waals surface area contributed by atoms with E-state index in [2.05, 4.69) is 10.6 Å². The molecule has 5 nitrogen and oxygen atoms in total. The first-order chi connectivity index (χ1) is 6.16. The number of nitrogens with one attached hydrogen (secondary N) is 2. The number of carbonyl (C=O) groups excluding carboxylic acids is 1. The quantitative estimate of drug-likeness (QED) is 0.468. The van der Waals surface area contributed by atoms with E-state index in [4.69, 9.17) is 9.47 Å². The summed E-state index contributed by atoms with van der Waals surface area (Å²) in [7, 11) is 1.60. The summed E-state index contributed by atoms with van der Waals surface area (Å²) in [6.45, 7) is 5.02. The Morgan fingerprint density at radius 3 is 2.62 bits per heavy atom. The zero-order chi connectivity index (χ0) is 10.1. The maximum atomic E-state index is 11.0. The molecule has 0 bridgehead atoms. The molecule has 0 unspecified atom stereocenters. The van der Waals surface area contributed by atoms with Crippen LogP contribution < -0.4 is 10.6 Å². The van der Waals surface area contributed by atoms with Gasteiger partial charge >= 0.3 is 6.03 Å². The van der Waals surface area contributed by atoms with Gasteiger partial charge in [0.1, 0.15) is 6.73 Å². The van der Waals surface area contributed by atoms with Crippen LogP contribution in [0, 0.1) is 0 Å².